The van der Waals surface area contributed by atoms with Gasteiger partial charge >= 0.3 is 0 Å². The molecule has 2 N–H and O–H groups in total. The van der Waals surface area contributed by atoms with E-state index in [9.17, 15) is 0 Å². The molecule has 0 unspecified atom stereocenters. The lowest BCUT2D eigenvalue weighted by molar-refractivity contribution is 0.173. The van der Waals surface area contributed by atoms with Gasteiger partial charge in [-0.2, -0.15) is 0 Å². The summed E-state index contributed by atoms with van der Waals surface area (Å²) in [5.41, 5.74) is 7.25. The predicted octanol–water partition coefficient (Wildman–Crippen LogP) is 3.00. The second-order valence-electron chi connectivity index (χ2n) is 4.18. The van der Waals surface area contributed by atoms with E-state index in [1.807, 2.05) is 18.2 Å². The van der Waals surface area contributed by atoms with Gasteiger partial charge in [0.15, 0.2) is 11.5 Å². The van der Waals surface area contributed by atoms with Gasteiger partial charge in [0.25, 0.3) is 0 Å². The van der Waals surface area contributed by atoms with Gasteiger partial charge in [-0.25, -0.2) is 0 Å². The van der Waals surface area contributed by atoms with Crippen molar-refractivity contribution in [1.82, 2.24) is 0 Å². The first-order valence-electron chi connectivity index (χ1n) is 5.97. The highest BCUT2D eigenvalue weighted by Crippen LogP contribution is 2.38. The van der Waals surface area contributed by atoms with Gasteiger partial charge in [0, 0.05) is 11.6 Å². The fraction of sp³-hybridized carbons (Fsp3) is 0.538. The Balaban J connectivity index is 2.05. The van der Waals surface area contributed by atoms with Crippen LogP contribution in [0.3, 0.4) is 0 Å². The fourth-order valence-electron chi connectivity index (χ4n) is 2.01. The molecule has 3 heteroatoms. The van der Waals surface area contributed by atoms with Gasteiger partial charge in [-0.1, -0.05) is 38.3 Å². The van der Waals surface area contributed by atoms with Crippen LogP contribution in [0.2, 0.25) is 0 Å². The average Bonchev–Trinajstić information content (AvgIpc) is 2.76. The summed E-state index contributed by atoms with van der Waals surface area (Å²) in [6.45, 7) is 2.51. The highest BCUT2D eigenvalue weighted by molar-refractivity contribution is 5.49. The molecule has 3 nitrogen and oxygen atoms in total. The van der Waals surface area contributed by atoms with Crippen molar-refractivity contribution in [2.45, 2.75) is 38.6 Å². The van der Waals surface area contributed by atoms with Gasteiger partial charge in [0.1, 0.15) is 0 Å². The SMILES string of the molecule is CCCCC[C@@H](N)c1cccc2c1OCO2. The van der Waals surface area contributed by atoms with Crippen molar-refractivity contribution in [2.24, 2.45) is 5.73 Å². The van der Waals surface area contributed by atoms with E-state index in [0.717, 1.165) is 23.5 Å². The lowest BCUT2D eigenvalue weighted by atomic mass is 10.00. The van der Waals surface area contributed by atoms with Crippen molar-refractivity contribution >= 4 is 0 Å². The van der Waals surface area contributed by atoms with Crippen LogP contribution in [0.15, 0.2) is 18.2 Å². The summed E-state index contributed by atoms with van der Waals surface area (Å²) in [4.78, 5) is 0. The van der Waals surface area contributed by atoms with Crippen LogP contribution in [0.1, 0.15) is 44.2 Å². The normalized spacial score (nSPS) is 15.1. The number of hydrogen-bond donors (Lipinski definition) is 1. The molecule has 0 spiro atoms. The number of ether oxygens (including phenoxy) is 2. The van der Waals surface area contributed by atoms with Gasteiger partial charge in [0.2, 0.25) is 6.79 Å². The van der Waals surface area contributed by atoms with Crippen molar-refractivity contribution < 1.29 is 9.47 Å². The highest BCUT2D eigenvalue weighted by atomic mass is 16.7. The third-order valence-corrected chi connectivity index (χ3v) is 2.95. The van der Waals surface area contributed by atoms with E-state index in [-0.39, 0.29) is 6.04 Å². The van der Waals surface area contributed by atoms with Crippen molar-refractivity contribution in [3.63, 3.8) is 0 Å². The van der Waals surface area contributed by atoms with Crippen LogP contribution < -0.4 is 15.2 Å². The van der Waals surface area contributed by atoms with E-state index in [1.165, 1.54) is 19.3 Å². The van der Waals surface area contributed by atoms with Crippen LogP contribution >= 0.6 is 0 Å². The number of rotatable bonds is 5. The Kier molecular flexibility index (Phi) is 3.67. The number of benzene rings is 1. The molecular weight excluding hydrogens is 202 g/mol. The monoisotopic (exact) mass is 221 g/mol. The fourth-order valence-corrected chi connectivity index (χ4v) is 2.01. The molecule has 0 aliphatic carbocycles. The van der Waals surface area contributed by atoms with Gasteiger partial charge in [0.05, 0.1) is 0 Å². The topological polar surface area (TPSA) is 44.5 Å². The summed E-state index contributed by atoms with van der Waals surface area (Å²) in [5, 5.41) is 0. The minimum absolute atomic E-state index is 0.0585. The molecule has 88 valence electrons. The van der Waals surface area contributed by atoms with Gasteiger partial charge < -0.3 is 15.2 Å². The molecule has 0 radical (unpaired) electrons. The molecular formula is C13H19NO2. The quantitative estimate of drug-likeness (QED) is 0.777. The average molecular weight is 221 g/mol. The lowest BCUT2D eigenvalue weighted by Gasteiger charge is -2.13. The molecule has 1 atom stereocenters. The molecule has 2 rings (SSSR count). The van der Waals surface area contributed by atoms with Crippen molar-refractivity contribution in [2.75, 3.05) is 6.79 Å². The molecule has 0 amide bonds. The molecule has 0 bridgehead atoms. The van der Waals surface area contributed by atoms with Gasteiger partial charge in [-0.3, -0.25) is 0 Å². The summed E-state index contributed by atoms with van der Waals surface area (Å²) in [6.07, 6.45) is 4.63. The summed E-state index contributed by atoms with van der Waals surface area (Å²) < 4.78 is 10.8. The van der Waals surface area contributed by atoms with E-state index in [4.69, 9.17) is 15.2 Å². The predicted molar refractivity (Wildman–Crippen MR) is 63.6 cm³/mol. The Labute approximate surface area is 96.5 Å². The number of nitrogens with two attached hydrogens (primary N) is 1. The Hall–Kier alpha value is -1.22. The molecule has 1 aliphatic rings. The van der Waals surface area contributed by atoms with E-state index in [1.54, 1.807) is 0 Å². The number of fused-ring (bicyclic) bond motifs is 1. The van der Waals surface area contributed by atoms with Crippen LogP contribution in [0, 0.1) is 0 Å². The van der Waals surface area contributed by atoms with E-state index in [0.29, 0.717) is 6.79 Å². The van der Waals surface area contributed by atoms with Gasteiger partial charge in [-0.05, 0) is 12.5 Å². The minimum atomic E-state index is 0.0585. The second-order valence-corrected chi connectivity index (χ2v) is 4.18. The summed E-state index contributed by atoms with van der Waals surface area (Å²) >= 11 is 0. The lowest BCUT2D eigenvalue weighted by Crippen LogP contribution is -2.11. The van der Waals surface area contributed by atoms with Crippen LogP contribution in [-0.4, -0.2) is 6.79 Å². The Morgan fingerprint density at radius 3 is 3.00 bits per heavy atom. The Bertz CT molecular complexity index is 352. The zero-order valence-electron chi connectivity index (χ0n) is 9.74. The standard InChI is InChI=1S/C13H19NO2/c1-2-3-4-7-11(14)10-6-5-8-12-13(10)16-9-15-12/h5-6,8,11H,2-4,7,9,14H2,1H3/t11-/m1/s1. The third kappa shape index (κ3) is 2.30. The largest absolute Gasteiger partial charge is 0.454 e. The maximum absolute atomic E-state index is 6.17. The minimum Gasteiger partial charge on any atom is -0.454 e. The Morgan fingerprint density at radius 1 is 1.31 bits per heavy atom. The zero-order chi connectivity index (χ0) is 11.4. The first-order chi connectivity index (χ1) is 7.83. The summed E-state index contributed by atoms with van der Waals surface area (Å²) in [5.74, 6) is 1.66. The highest BCUT2D eigenvalue weighted by Gasteiger charge is 2.20. The summed E-state index contributed by atoms with van der Waals surface area (Å²) in [7, 11) is 0. The molecule has 1 aliphatic heterocycles. The third-order valence-electron chi connectivity index (χ3n) is 2.95. The van der Waals surface area contributed by atoms with Crippen LogP contribution in [0.25, 0.3) is 0 Å². The molecule has 1 aromatic carbocycles. The molecule has 0 fully saturated rings. The number of hydrogen-bond acceptors (Lipinski definition) is 3. The number of unbranched alkanes of at least 4 members (excludes halogenated alkanes) is 2. The van der Waals surface area contributed by atoms with Gasteiger partial charge in [-0.15, -0.1) is 0 Å². The van der Waals surface area contributed by atoms with Crippen LogP contribution in [0.4, 0.5) is 0 Å². The van der Waals surface area contributed by atoms with Crippen molar-refractivity contribution in [1.29, 1.82) is 0 Å². The second kappa shape index (κ2) is 5.21. The molecule has 1 aromatic rings. The maximum atomic E-state index is 6.17. The summed E-state index contributed by atoms with van der Waals surface area (Å²) in [6, 6.07) is 5.99. The molecule has 16 heavy (non-hydrogen) atoms. The Morgan fingerprint density at radius 2 is 2.19 bits per heavy atom. The van der Waals surface area contributed by atoms with Crippen LogP contribution in [-0.2, 0) is 0 Å². The van der Waals surface area contributed by atoms with Crippen molar-refractivity contribution in [3.05, 3.63) is 23.8 Å². The van der Waals surface area contributed by atoms with Crippen LogP contribution in [0.5, 0.6) is 11.5 Å². The van der Waals surface area contributed by atoms with E-state index < -0.39 is 0 Å². The zero-order valence-corrected chi connectivity index (χ0v) is 9.74. The molecule has 1 heterocycles. The molecule has 0 saturated heterocycles. The van der Waals surface area contributed by atoms with E-state index >= 15 is 0 Å². The maximum Gasteiger partial charge on any atom is 0.231 e. The number of para-hydroxylation sites is 1. The van der Waals surface area contributed by atoms with Crippen molar-refractivity contribution in [3.8, 4) is 11.5 Å². The smallest absolute Gasteiger partial charge is 0.231 e. The van der Waals surface area contributed by atoms with E-state index in [2.05, 4.69) is 6.92 Å². The first kappa shape index (κ1) is 11.3. The first-order valence-corrected chi connectivity index (χ1v) is 5.97. The molecule has 0 aromatic heterocycles. The molecule has 0 saturated carbocycles.